The van der Waals surface area contributed by atoms with Gasteiger partial charge in [0, 0.05) is 24.7 Å². The van der Waals surface area contributed by atoms with E-state index < -0.39 is 5.82 Å². The number of hydrogen-bond donors (Lipinski definition) is 1. The molecule has 3 rings (SSSR count). The Labute approximate surface area is 129 Å². The van der Waals surface area contributed by atoms with Gasteiger partial charge >= 0.3 is 0 Å². The quantitative estimate of drug-likeness (QED) is 0.909. The number of carbonyl (C=O) groups is 1. The molecule has 1 aromatic carbocycles. The van der Waals surface area contributed by atoms with Gasteiger partial charge in [-0.05, 0) is 42.9 Å². The zero-order valence-electron chi connectivity index (χ0n) is 11.9. The topological polar surface area (TPSA) is 55.6 Å². The van der Waals surface area contributed by atoms with Gasteiger partial charge in [0.25, 0.3) is 5.91 Å². The van der Waals surface area contributed by atoms with E-state index in [1.165, 1.54) is 19.2 Å². The maximum Gasteiger partial charge on any atom is 0.253 e. The highest BCUT2D eigenvalue weighted by Gasteiger charge is 2.42. The van der Waals surface area contributed by atoms with Gasteiger partial charge in [0.15, 0.2) is 11.6 Å². The van der Waals surface area contributed by atoms with Crippen molar-refractivity contribution in [3.05, 3.63) is 29.6 Å². The largest absolute Gasteiger partial charge is 0.494 e. The van der Waals surface area contributed by atoms with Crippen LogP contribution in [0.25, 0.3) is 0 Å². The third-order valence-corrected chi connectivity index (χ3v) is 4.60. The van der Waals surface area contributed by atoms with E-state index in [-0.39, 0.29) is 30.1 Å². The number of hydrogen-bond acceptors (Lipinski definition) is 3. The molecule has 116 valence electrons. The molecule has 3 unspecified atom stereocenters. The fourth-order valence-electron chi connectivity index (χ4n) is 3.46. The molecule has 0 bridgehead atoms. The van der Waals surface area contributed by atoms with Crippen LogP contribution in [0, 0.1) is 17.7 Å². The molecule has 21 heavy (non-hydrogen) atoms. The molecule has 1 saturated carbocycles. The normalized spacial score (nSPS) is 27.2. The summed E-state index contributed by atoms with van der Waals surface area (Å²) in [6.07, 6.45) is 2.14. The van der Waals surface area contributed by atoms with Crippen LogP contribution >= 0.6 is 12.4 Å². The molecule has 0 spiro atoms. The summed E-state index contributed by atoms with van der Waals surface area (Å²) in [4.78, 5) is 14.2. The van der Waals surface area contributed by atoms with Crippen LogP contribution < -0.4 is 10.5 Å². The second-order valence-electron chi connectivity index (χ2n) is 5.72. The van der Waals surface area contributed by atoms with Gasteiger partial charge in [-0.25, -0.2) is 4.39 Å². The van der Waals surface area contributed by atoms with E-state index in [1.807, 2.05) is 0 Å². The number of nitrogens with zero attached hydrogens (tertiary/aromatic N) is 1. The molecule has 2 N–H and O–H groups in total. The molecule has 1 aliphatic heterocycles. The number of carbonyl (C=O) groups excluding carboxylic acids is 1. The Morgan fingerprint density at radius 2 is 2.14 bits per heavy atom. The first kappa shape index (κ1) is 16.0. The Bertz CT molecular complexity index is 540. The molecule has 1 aliphatic carbocycles. The van der Waals surface area contributed by atoms with Crippen molar-refractivity contribution in [2.24, 2.45) is 17.6 Å². The number of methoxy groups -OCH3 is 1. The maximum absolute atomic E-state index is 13.7. The van der Waals surface area contributed by atoms with E-state index in [1.54, 1.807) is 11.0 Å². The first-order chi connectivity index (χ1) is 9.60. The van der Waals surface area contributed by atoms with Gasteiger partial charge < -0.3 is 15.4 Å². The third kappa shape index (κ3) is 2.85. The van der Waals surface area contributed by atoms with Gasteiger partial charge in [-0.2, -0.15) is 0 Å². The number of likely N-dealkylation sites (tertiary alicyclic amines) is 1. The molecule has 4 nitrogen and oxygen atoms in total. The molecule has 0 aromatic heterocycles. The minimum Gasteiger partial charge on any atom is -0.494 e. The Hall–Kier alpha value is -1.33. The summed E-state index contributed by atoms with van der Waals surface area (Å²) in [6, 6.07) is 4.55. The van der Waals surface area contributed by atoms with Gasteiger partial charge in [-0.3, -0.25) is 4.79 Å². The number of rotatable bonds is 2. The van der Waals surface area contributed by atoms with Crippen LogP contribution in [0.5, 0.6) is 5.75 Å². The number of ether oxygens (including phenoxy) is 1. The van der Waals surface area contributed by atoms with Crippen molar-refractivity contribution >= 4 is 18.3 Å². The van der Waals surface area contributed by atoms with Gasteiger partial charge in [-0.1, -0.05) is 0 Å². The minimum absolute atomic E-state index is 0. The number of amides is 1. The summed E-state index contributed by atoms with van der Waals surface area (Å²) in [7, 11) is 1.41. The second-order valence-corrected chi connectivity index (χ2v) is 5.72. The van der Waals surface area contributed by atoms with E-state index in [4.69, 9.17) is 10.5 Å². The smallest absolute Gasteiger partial charge is 0.253 e. The highest BCUT2D eigenvalue weighted by molar-refractivity contribution is 5.94. The fourth-order valence-corrected chi connectivity index (χ4v) is 3.46. The summed E-state index contributed by atoms with van der Waals surface area (Å²) in [5.74, 6) is 0.448. The molecule has 3 atom stereocenters. The lowest BCUT2D eigenvalue weighted by atomic mass is 9.98. The molecular formula is C15H20ClFN2O2. The highest BCUT2D eigenvalue weighted by atomic mass is 35.5. The molecule has 2 aliphatic rings. The van der Waals surface area contributed by atoms with Crippen LogP contribution in [0.15, 0.2) is 18.2 Å². The Morgan fingerprint density at radius 3 is 2.76 bits per heavy atom. The Morgan fingerprint density at radius 1 is 1.38 bits per heavy atom. The van der Waals surface area contributed by atoms with Crippen LogP contribution in [-0.2, 0) is 0 Å². The lowest BCUT2D eigenvalue weighted by molar-refractivity contribution is 0.0779. The number of fused-ring (bicyclic) bond motifs is 1. The van der Waals surface area contributed by atoms with Crippen molar-refractivity contribution in [1.29, 1.82) is 0 Å². The summed E-state index contributed by atoms with van der Waals surface area (Å²) >= 11 is 0. The van der Waals surface area contributed by atoms with Crippen molar-refractivity contribution in [1.82, 2.24) is 4.90 Å². The molecule has 2 fully saturated rings. The molecule has 1 saturated heterocycles. The predicted octanol–water partition coefficient (Wildman–Crippen LogP) is 2.07. The molecule has 6 heteroatoms. The highest BCUT2D eigenvalue weighted by Crippen LogP contribution is 2.37. The van der Waals surface area contributed by atoms with Crippen LogP contribution in [0.4, 0.5) is 4.39 Å². The fraction of sp³-hybridized carbons (Fsp3) is 0.533. The Kier molecular flexibility index (Phi) is 4.74. The molecule has 0 radical (unpaired) electrons. The summed E-state index contributed by atoms with van der Waals surface area (Å²) in [5, 5.41) is 0. The maximum atomic E-state index is 13.7. The van der Waals surface area contributed by atoms with Crippen molar-refractivity contribution in [3.8, 4) is 5.75 Å². The third-order valence-electron chi connectivity index (χ3n) is 4.60. The van der Waals surface area contributed by atoms with E-state index in [0.717, 1.165) is 19.4 Å². The summed E-state index contributed by atoms with van der Waals surface area (Å²) in [5.41, 5.74) is 6.44. The summed E-state index contributed by atoms with van der Waals surface area (Å²) < 4.78 is 18.5. The lowest BCUT2D eigenvalue weighted by Gasteiger charge is -2.19. The van der Waals surface area contributed by atoms with Crippen molar-refractivity contribution in [2.75, 3.05) is 20.2 Å². The first-order valence-corrected chi connectivity index (χ1v) is 6.98. The molecule has 1 heterocycles. The van der Waals surface area contributed by atoms with Crippen molar-refractivity contribution in [3.63, 3.8) is 0 Å². The van der Waals surface area contributed by atoms with Crippen molar-refractivity contribution < 1.29 is 13.9 Å². The minimum atomic E-state index is -0.505. The molecular weight excluding hydrogens is 295 g/mol. The average molecular weight is 315 g/mol. The number of benzene rings is 1. The standard InChI is InChI=1S/C15H19FN2O2.ClH/c1-20-14-5-3-9(6-12(14)16)15(19)18-7-10-2-4-13(17)11(10)8-18;/h3,5-6,10-11,13H,2,4,7-8,17H2,1H3;1H. The van der Waals surface area contributed by atoms with E-state index in [2.05, 4.69) is 0 Å². The van der Waals surface area contributed by atoms with Gasteiger partial charge in [0.2, 0.25) is 0 Å². The van der Waals surface area contributed by atoms with Crippen LogP contribution in [0.2, 0.25) is 0 Å². The van der Waals surface area contributed by atoms with Crippen LogP contribution in [0.1, 0.15) is 23.2 Å². The SMILES string of the molecule is COc1ccc(C(=O)N2CC3CCC(N)C3C2)cc1F.Cl. The van der Waals surface area contributed by atoms with Crippen LogP contribution in [-0.4, -0.2) is 37.0 Å². The van der Waals surface area contributed by atoms with Gasteiger partial charge in [0.1, 0.15) is 0 Å². The monoisotopic (exact) mass is 314 g/mol. The lowest BCUT2D eigenvalue weighted by Crippen LogP contribution is -2.33. The molecule has 1 aromatic rings. The average Bonchev–Trinajstić information content (AvgIpc) is 3.00. The van der Waals surface area contributed by atoms with E-state index >= 15 is 0 Å². The Balaban J connectivity index is 0.00000161. The molecule has 1 amide bonds. The first-order valence-electron chi connectivity index (χ1n) is 6.98. The van der Waals surface area contributed by atoms with E-state index in [9.17, 15) is 9.18 Å². The van der Waals surface area contributed by atoms with Crippen LogP contribution in [0.3, 0.4) is 0 Å². The second kappa shape index (κ2) is 6.20. The predicted molar refractivity (Wildman–Crippen MR) is 80.3 cm³/mol. The summed E-state index contributed by atoms with van der Waals surface area (Å²) in [6.45, 7) is 1.43. The number of halogens is 2. The van der Waals surface area contributed by atoms with E-state index in [0.29, 0.717) is 23.9 Å². The van der Waals surface area contributed by atoms with Crippen molar-refractivity contribution in [2.45, 2.75) is 18.9 Å². The number of nitrogens with two attached hydrogens (primary N) is 1. The van der Waals surface area contributed by atoms with Gasteiger partial charge in [-0.15, -0.1) is 12.4 Å². The zero-order chi connectivity index (χ0) is 14.3. The zero-order valence-corrected chi connectivity index (χ0v) is 12.7. The van der Waals surface area contributed by atoms with Gasteiger partial charge in [0.05, 0.1) is 7.11 Å².